The first-order valence-corrected chi connectivity index (χ1v) is 6.33. The molecule has 2 heteroatoms. The van der Waals surface area contributed by atoms with E-state index in [0.29, 0.717) is 0 Å². The summed E-state index contributed by atoms with van der Waals surface area (Å²) in [6.45, 7) is 9.42. The summed E-state index contributed by atoms with van der Waals surface area (Å²) in [6, 6.07) is 0.864. The van der Waals surface area contributed by atoms with E-state index in [1.165, 1.54) is 51.7 Å². The zero-order valence-electron chi connectivity index (χ0n) is 9.89. The van der Waals surface area contributed by atoms with Crippen molar-refractivity contribution >= 4 is 0 Å². The average Bonchev–Trinajstić information content (AvgIpc) is 2.21. The molecular weight excluding hydrogens is 172 g/mol. The van der Waals surface area contributed by atoms with Crippen LogP contribution < -0.4 is 5.32 Å². The zero-order chi connectivity index (χ0) is 10.2. The third-order valence-electron chi connectivity index (χ3n) is 3.16. The predicted molar refractivity (Wildman–Crippen MR) is 62.7 cm³/mol. The number of rotatable bonds is 6. The average molecular weight is 198 g/mol. The van der Waals surface area contributed by atoms with E-state index in [-0.39, 0.29) is 0 Å². The Morgan fingerprint density at radius 1 is 1.29 bits per heavy atom. The molecule has 2 nitrogen and oxygen atoms in total. The Hall–Kier alpha value is -0.0800. The van der Waals surface area contributed by atoms with Crippen molar-refractivity contribution < 1.29 is 0 Å². The Morgan fingerprint density at radius 3 is 2.86 bits per heavy atom. The largest absolute Gasteiger partial charge is 0.317 e. The molecule has 1 atom stereocenters. The maximum atomic E-state index is 3.43. The summed E-state index contributed by atoms with van der Waals surface area (Å²) in [7, 11) is 0. The SMILES string of the molecule is CCCN1CCCCC1CCNCC. The van der Waals surface area contributed by atoms with Gasteiger partial charge in [0.2, 0.25) is 0 Å². The number of hydrogen-bond acceptors (Lipinski definition) is 2. The van der Waals surface area contributed by atoms with Crippen LogP contribution in [0.1, 0.15) is 46.0 Å². The highest BCUT2D eigenvalue weighted by atomic mass is 15.2. The lowest BCUT2D eigenvalue weighted by atomic mass is 9.99. The molecule has 1 heterocycles. The molecule has 1 saturated heterocycles. The fraction of sp³-hybridized carbons (Fsp3) is 1.00. The fourth-order valence-electron chi connectivity index (χ4n) is 2.41. The number of piperidine rings is 1. The zero-order valence-corrected chi connectivity index (χ0v) is 9.89. The summed E-state index contributed by atoms with van der Waals surface area (Å²) in [5, 5.41) is 3.43. The highest BCUT2D eigenvalue weighted by Crippen LogP contribution is 2.19. The van der Waals surface area contributed by atoms with Crippen LogP contribution >= 0.6 is 0 Å². The Kier molecular flexibility index (Phi) is 6.20. The number of nitrogens with zero attached hydrogens (tertiary/aromatic N) is 1. The predicted octanol–water partition coefficient (Wildman–Crippen LogP) is 2.25. The van der Waals surface area contributed by atoms with Gasteiger partial charge in [-0.05, 0) is 51.9 Å². The lowest BCUT2D eigenvalue weighted by Crippen LogP contribution is -2.41. The van der Waals surface area contributed by atoms with E-state index >= 15 is 0 Å². The van der Waals surface area contributed by atoms with E-state index in [9.17, 15) is 0 Å². The van der Waals surface area contributed by atoms with E-state index in [4.69, 9.17) is 0 Å². The molecule has 0 bridgehead atoms. The molecule has 0 radical (unpaired) electrons. The second-order valence-corrected chi connectivity index (χ2v) is 4.33. The Bertz CT molecular complexity index is 134. The smallest absolute Gasteiger partial charge is 0.0107 e. The molecule has 0 aromatic rings. The Morgan fingerprint density at radius 2 is 2.14 bits per heavy atom. The number of hydrogen-bond donors (Lipinski definition) is 1. The van der Waals surface area contributed by atoms with E-state index in [2.05, 4.69) is 24.1 Å². The minimum atomic E-state index is 0.864. The van der Waals surface area contributed by atoms with Crippen molar-refractivity contribution in [1.82, 2.24) is 10.2 Å². The summed E-state index contributed by atoms with van der Waals surface area (Å²) in [5.41, 5.74) is 0. The first-order chi connectivity index (χ1) is 6.88. The van der Waals surface area contributed by atoms with Gasteiger partial charge in [0.25, 0.3) is 0 Å². The van der Waals surface area contributed by atoms with Gasteiger partial charge in [0, 0.05) is 6.04 Å². The van der Waals surface area contributed by atoms with Gasteiger partial charge in [0.1, 0.15) is 0 Å². The number of likely N-dealkylation sites (tertiary alicyclic amines) is 1. The third-order valence-corrected chi connectivity index (χ3v) is 3.16. The molecule has 0 saturated carbocycles. The molecule has 0 aliphatic carbocycles. The van der Waals surface area contributed by atoms with Crippen LogP contribution in [0.2, 0.25) is 0 Å². The fourth-order valence-corrected chi connectivity index (χ4v) is 2.41. The molecule has 84 valence electrons. The lowest BCUT2D eigenvalue weighted by Gasteiger charge is -2.35. The summed E-state index contributed by atoms with van der Waals surface area (Å²) < 4.78 is 0. The van der Waals surface area contributed by atoms with Crippen LogP contribution in [-0.2, 0) is 0 Å². The molecule has 0 spiro atoms. The van der Waals surface area contributed by atoms with Gasteiger partial charge in [-0.1, -0.05) is 20.3 Å². The molecule has 14 heavy (non-hydrogen) atoms. The Balaban J connectivity index is 2.22. The van der Waals surface area contributed by atoms with Gasteiger partial charge in [0.15, 0.2) is 0 Å². The molecule has 1 aliphatic heterocycles. The first kappa shape index (κ1) is 12.0. The van der Waals surface area contributed by atoms with Crippen molar-refractivity contribution in [2.75, 3.05) is 26.2 Å². The van der Waals surface area contributed by atoms with Gasteiger partial charge in [-0.2, -0.15) is 0 Å². The molecule has 1 aliphatic rings. The van der Waals surface area contributed by atoms with Crippen LogP contribution in [0.15, 0.2) is 0 Å². The van der Waals surface area contributed by atoms with E-state index in [1.807, 2.05) is 0 Å². The van der Waals surface area contributed by atoms with E-state index in [1.54, 1.807) is 0 Å². The van der Waals surface area contributed by atoms with Crippen LogP contribution in [0.4, 0.5) is 0 Å². The maximum Gasteiger partial charge on any atom is 0.0107 e. The monoisotopic (exact) mass is 198 g/mol. The highest BCUT2D eigenvalue weighted by molar-refractivity contribution is 4.77. The molecular formula is C12H26N2. The van der Waals surface area contributed by atoms with Crippen molar-refractivity contribution in [2.45, 2.75) is 52.0 Å². The van der Waals surface area contributed by atoms with Gasteiger partial charge in [-0.25, -0.2) is 0 Å². The summed E-state index contributed by atoms with van der Waals surface area (Å²) in [6.07, 6.45) is 6.92. The van der Waals surface area contributed by atoms with Gasteiger partial charge < -0.3 is 10.2 Å². The van der Waals surface area contributed by atoms with Crippen molar-refractivity contribution in [3.8, 4) is 0 Å². The van der Waals surface area contributed by atoms with Crippen molar-refractivity contribution in [2.24, 2.45) is 0 Å². The summed E-state index contributed by atoms with van der Waals surface area (Å²) in [4.78, 5) is 2.70. The summed E-state index contributed by atoms with van der Waals surface area (Å²) >= 11 is 0. The normalized spacial score (nSPS) is 24.0. The topological polar surface area (TPSA) is 15.3 Å². The second kappa shape index (κ2) is 7.24. The number of nitrogens with one attached hydrogen (secondary N) is 1. The van der Waals surface area contributed by atoms with Crippen molar-refractivity contribution in [3.05, 3.63) is 0 Å². The van der Waals surface area contributed by atoms with Crippen LogP contribution in [0.3, 0.4) is 0 Å². The van der Waals surface area contributed by atoms with Crippen LogP contribution in [0.5, 0.6) is 0 Å². The molecule has 1 unspecified atom stereocenters. The Labute approximate surface area is 89.1 Å². The highest BCUT2D eigenvalue weighted by Gasteiger charge is 2.20. The van der Waals surface area contributed by atoms with E-state index < -0.39 is 0 Å². The van der Waals surface area contributed by atoms with Crippen molar-refractivity contribution in [1.29, 1.82) is 0 Å². The molecule has 1 fully saturated rings. The first-order valence-electron chi connectivity index (χ1n) is 6.33. The van der Waals surface area contributed by atoms with Crippen molar-refractivity contribution in [3.63, 3.8) is 0 Å². The van der Waals surface area contributed by atoms with Gasteiger partial charge in [0.05, 0.1) is 0 Å². The van der Waals surface area contributed by atoms with Gasteiger partial charge >= 0.3 is 0 Å². The molecule has 1 N–H and O–H groups in total. The van der Waals surface area contributed by atoms with E-state index in [0.717, 1.165) is 12.6 Å². The minimum absolute atomic E-state index is 0.864. The van der Waals surface area contributed by atoms with Gasteiger partial charge in [-0.15, -0.1) is 0 Å². The quantitative estimate of drug-likeness (QED) is 0.659. The molecule has 0 amide bonds. The van der Waals surface area contributed by atoms with Crippen LogP contribution in [0, 0.1) is 0 Å². The lowest BCUT2D eigenvalue weighted by molar-refractivity contribution is 0.140. The minimum Gasteiger partial charge on any atom is -0.317 e. The molecule has 0 aromatic carbocycles. The second-order valence-electron chi connectivity index (χ2n) is 4.33. The van der Waals surface area contributed by atoms with Crippen LogP contribution in [0.25, 0.3) is 0 Å². The van der Waals surface area contributed by atoms with Crippen LogP contribution in [-0.4, -0.2) is 37.1 Å². The third kappa shape index (κ3) is 3.97. The molecule has 1 rings (SSSR count). The van der Waals surface area contributed by atoms with Gasteiger partial charge in [-0.3, -0.25) is 0 Å². The maximum absolute atomic E-state index is 3.43. The summed E-state index contributed by atoms with van der Waals surface area (Å²) in [5.74, 6) is 0. The molecule has 0 aromatic heterocycles. The standard InChI is InChI=1S/C12H26N2/c1-3-10-14-11-6-5-7-12(14)8-9-13-4-2/h12-13H,3-11H2,1-2H3.